The summed E-state index contributed by atoms with van der Waals surface area (Å²) in [5.41, 5.74) is 0.937. The molecule has 0 aliphatic rings. The molecule has 0 bridgehead atoms. The predicted molar refractivity (Wildman–Crippen MR) is 125 cm³/mol. The van der Waals surface area contributed by atoms with Crippen molar-refractivity contribution in [3.05, 3.63) is 48.0 Å². The SMILES string of the molecule is CCS(=O)(=O)c1ccccc1C(=O)N(CCCN(C)C)c1nc2ccc(OC)cc2s1. The van der Waals surface area contributed by atoms with E-state index in [1.807, 2.05) is 37.2 Å². The molecule has 0 aliphatic carbocycles. The summed E-state index contributed by atoms with van der Waals surface area (Å²) in [6.07, 6.45) is 0.723. The molecule has 1 aromatic heterocycles. The first-order valence-electron chi connectivity index (χ1n) is 9.99. The van der Waals surface area contributed by atoms with Crippen LogP contribution in [0.25, 0.3) is 10.2 Å². The molecule has 0 radical (unpaired) electrons. The Morgan fingerprint density at radius 3 is 2.55 bits per heavy atom. The number of hydrogen-bond donors (Lipinski definition) is 0. The third-order valence-corrected chi connectivity index (χ3v) is 7.71. The van der Waals surface area contributed by atoms with Gasteiger partial charge in [0.05, 0.1) is 33.5 Å². The van der Waals surface area contributed by atoms with E-state index < -0.39 is 9.84 Å². The lowest BCUT2D eigenvalue weighted by Gasteiger charge is -2.22. The molecule has 1 amide bonds. The summed E-state index contributed by atoms with van der Waals surface area (Å²) < 4.78 is 31.4. The van der Waals surface area contributed by atoms with Crippen LogP contribution in [0.1, 0.15) is 23.7 Å². The molecule has 7 nitrogen and oxygen atoms in total. The molecule has 3 rings (SSSR count). The number of carbonyl (C=O) groups excluding carboxylic acids is 1. The zero-order valence-electron chi connectivity index (χ0n) is 18.2. The smallest absolute Gasteiger partial charge is 0.261 e. The van der Waals surface area contributed by atoms with Gasteiger partial charge in [-0.3, -0.25) is 9.69 Å². The molecular weight excluding hydrogens is 434 g/mol. The van der Waals surface area contributed by atoms with Gasteiger partial charge in [-0.25, -0.2) is 13.4 Å². The van der Waals surface area contributed by atoms with E-state index in [9.17, 15) is 13.2 Å². The number of sulfone groups is 1. The zero-order valence-corrected chi connectivity index (χ0v) is 19.8. The van der Waals surface area contributed by atoms with E-state index in [4.69, 9.17) is 4.74 Å². The number of hydrogen-bond acceptors (Lipinski definition) is 7. The number of benzene rings is 2. The first-order valence-corrected chi connectivity index (χ1v) is 12.5. The molecule has 166 valence electrons. The van der Waals surface area contributed by atoms with Crippen molar-refractivity contribution in [2.45, 2.75) is 18.2 Å². The van der Waals surface area contributed by atoms with Crippen molar-refractivity contribution in [2.24, 2.45) is 0 Å². The number of aromatic nitrogens is 1. The van der Waals surface area contributed by atoms with Crippen molar-refractivity contribution in [1.82, 2.24) is 9.88 Å². The molecule has 0 fully saturated rings. The van der Waals surface area contributed by atoms with Crippen LogP contribution < -0.4 is 9.64 Å². The highest BCUT2D eigenvalue weighted by molar-refractivity contribution is 7.91. The van der Waals surface area contributed by atoms with Crippen LogP contribution in [0.15, 0.2) is 47.4 Å². The average Bonchev–Trinajstić information content (AvgIpc) is 3.18. The Kier molecular flexibility index (Phi) is 7.30. The Hall–Kier alpha value is -2.49. The van der Waals surface area contributed by atoms with Crippen molar-refractivity contribution in [3.8, 4) is 5.75 Å². The van der Waals surface area contributed by atoms with Gasteiger partial charge in [-0.05, 0) is 57.4 Å². The van der Waals surface area contributed by atoms with Gasteiger partial charge >= 0.3 is 0 Å². The number of thiazole rings is 1. The molecule has 0 N–H and O–H groups in total. The molecule has 0 atom stereocenters. The summed E-state index contributed by atoms with van der Waals surface area (Å²) in [7, 11) is 2.00. The lowest BCUT2D eigenvalue weighted by molar-refractivity contribution is 0.0983. The van der Waals surface area contributed by atoms with Crippen molar-refractivity contribution in [2.75, 3.05) is 44.9 Å². The molecule has 9 heteroatoms. The van der Waals surface area contributed by atoms with E-state index in [-0.39, 0.29) is 22.1 Å². The maximum atomic E-state index is 13.6. The predicted octanol–water partition coefficient (Wildman–Crippen LogP) is 3.70. The molecule has 31 heavy (non-hydrogen) atoms. The Morgan fingerprint density at radius 1 is 1.13 bits per heavy atom. The minimum absolute atomic E-state index is 0.0582. The second-order valence-corrected chi connectivity index (χ2v) is 10.6. The van der Waals surface area contributed by atoms with Crippen LogP contribution in [0.3, 0.4) is 0 Å². The maximum Gasteiger partial charge on any atom is 0.261 e. The van der Waals surface area contributed by atoms with Gasteiger partial charge in [-0.15, -0.1) is 0 Å². The van der Waals surface area contributed by atoms with Crippen LogP contribution in [0, 0.1) is 0 Å². The highest BCUT2D eigenvalue weighted by Crippen LogP contribution is 2.33. The van der Waals surface area contributed by atoms with Crippen LogP contribution in [0.4, 0.5) is 5.13 Å². The minimum Gasteiger partial charge on any atom is -0.497 e. The lowest BCUT2D eigenvalue weighted by Crippen LogP contribution is -2.34. The second-order valence-electron chi connectivity index (χ2n) is 7.34. The second kappa shape index (κ2) is 9.76. The fraction of sp³-hybridized carbons (Fsp3) is 0.364. The van der Waals surface area contributed by atoms with Crippen molar-refractivity contribution < 1.29 is 17.9 Å². The average molecular weight is 462 g/mol. The van der Waals surface area contributed by atoms with Gasteiger partial charge in [0, 0.05) is 6.54 Å². The highest BCUT2D eigenvalue weighted by Gasteiger charge is 2.27. The number of methoxy groups -OCH3 is 1. The van der Waals surface area contributed by atoms with Crippen molar-refractivity contribution >= 4 is 42.4 Å². The largest absolute Gasteiger partial charge is 0.497 e. The van der Waals surface area contributed by atoms with Gasteiger partial charge < -0.3 is 9.64 Å². The summed E-state index contributed by atoms with van der Waals surface area (Å²) >= 11 is 1.39. The summed E-state index contributed by atoms with van der Waals surface area (Å²) in [5, 5.41) is 0.538. The molecule has 0 spiro atoms. The normalized spacial score (nSPS) is 11.8. The fourth-order valence-electron chi connectivity index (χ4n) is 3.18. The van der Waals surface area contributed by atoms with Crippen LogP contribution in [0.5, 0.6) is 5.75 Å². The Morgan fingerprint density at radius 2 is 1.87 bits per heavy atom. The van der Waals surface area contributed by atoms with E-state index in [0.29, 0.717) is 17.4 Å². The Balaban J connectivity index is 2.05. The molecule has 0 saturated heterocycles. The Bertz CT molecular complexity index is 1170. The number of fused-ring (bicyclic) bond motifs is 1. The van der Waals surface area contributed by atoms with Gasteiger partial charge in [-0.1, -0.05) is 30.4 Å². The third-order valence-electron chi connectivity index (χ3n) is 4.88. The molecule has 2 aromatic carbocycles. The summed E-state index contributed by atoms with van der Waals surface area (Å²) in [6, 6.07) is 11.9. The number of ether oxygens (including phenoxy) is 1. The number of nitrogens with zero attached hydrogens (tertiary/aromatic N) is 3. The van der Waals surface area contributed by atoms with E-state index in [0.717, 1.165) is 23.2 Å². The summed E-state index contributed by atoms with van der Waals surface area (Å²) in [5.74, 6) is 0.281. The molecule has 3 aromatic rings. The van der Waals surface area contributed by atoms with Gasteiger partial charge in [0.15, 0.2) is 15.0 Å². The molecule has 0 aliphatic heterocycles. The highest BCUT2D eigenvalue weighted by atomic mass is 32.2. The van der Waals surface area contributed by atoms with Gasteiger partial charge in [-0.2, -0.15) is 0 Å². The summed E-state index contributed by atoms with van der Waals surface area (Å²) in [6.45, 7) is 2.79. The van der Waals surface area contributed by atoms with Crippen molar-refractivity contribution in [1.29, 1.82) is 0 Å². The van der Waals surface area contributed by atoms with Crippen LogP contribution in [-0.2, 0) is 9.84 Å². The monoisotopic (exact) mass is 461 g/mol. The lowest BCUT2D eigenvalue weighted by atomic mass is 10.2. The van der Waals surface area contributed by atoms with E-state index >= 15 is 0 Å². The number of amides is 1. The van der Waals surface area contributed by atoms with Gasteiger partial charge in [0.2, 0.25) is 0 Å². The zero-order chi connectivity index (χ0) is 22.6. The molecule has 0 saturated carbocycles. The molecule has 1 heterocycles. The quantitative estimate of drug-likeness (QED) is 0.483. The first kappa shape index (κ1) is 23.2. The third kappa shape index (κ3) is 5.23. The van der Waals surface area contributed by atoms with Gasteiger partial charge in [0.1, 0.15) is 5.75 Å². The number of rotatable bonds is 9. The Labute approximate surface area is 187 Å². The summed E-state index contributed by atoms with van der Waals surface area (Å²) in [4.78, 5) is 21.9. The standard InChI is InChI=1S/C22H27N3O4S2/c1-5-31(27,28)20-10-7-6-9-17(20)21(26)25(14-8-13-24(2)3)22-23-18-12-11-16(29-4)15-19(18)30-22/h6-7,9-12,15H,5,8,13-14H2,1-4H3. The molecular formula is C22H27N3O4S2. The first-order chi connectivity index (χ1) is 14.8. The van der Waals surface area contributed by atoms with Crippen LogP contribution in [0.2, 0.25) is 0 Å². The van der Waals surface area contributed by atoms with E-state index in [1.54, 1.807) is 37.1 Å². The van der Waals surface area contributed by atoms with Crippen molar-refractivity contribution in [3.63, 3.8) is 0 Å². The van der Waals surface area contributed by atoms with Crippen LogP contribution in [-0.4, -0.2) is 64.3 Å². The maximum absolute atomic E-state index is 13.6. The van der Waals surface area contributed by atoms with Crippen LogP contribution >= 0.6 is 11.3 Å². The van der Waals surface area contributed by atoms with Gasteiger partial charge in [0.25, 0.3) is 5.91 Å². The minimum atomic E-state index is -3.55. The van der Waals surface area contributed by atoms with E-state index in [1.165, 1.54) is 17.4 Å². The van der Waals surface area contributed by atoms with E-state index in [2.05, 4.69) is 4.98 Å². The molecule has 0 unspecified atom stereocenters. The topological polar surface area (TPSA) is 79.8 Å². The fourth-order valence-corrected chi connectivity index (χ4v) is 5.29. The number of anilines is 1. The number of carbonyl (C=O) groups is 1.